The Labute approximate surface area is 211 Å². The van der Waals surface area contributed by atoms with E-state index in [1.807, 2.05) is 30.3 Å². The molecule has 0 saturated carbocycles. The molecule has 4 rings (SSSR count). The lowest BCUT2D eigenvalue weighted by Crippen LogP contribution is -2.46. The first kappa shape index (κ1) is 24.7. The lowest BCUT2D eigenvalue weighted by Gasteiger charge is -2.35. The minimum Gasteiger partial charge on any atom is -0.380 e. The number of carbonyl (C=O) groups is 1. The maximum atomic E-state index is 12.2. The highest BCUT2D eigenvalue weighted by Gasteiger charge is 2.18. The molecule has 9 nitrogen and oxygen atoms in total. The monoisotopic (exact) mass is 482 g/mol. The van der Waals surface area contributed by atoms with Crippen molar-refractivity contribution >= 4 is 34.5 Å². The number of rotatable bonds is 9. The van der Waals surface area contributed by atoms with Gasteiger partial charge in [0.1, 0.15) is 11.9 Å². The summed E-state index contributed by atoms with van der Waals surface area (Å²) >= 11 is 0. The molecule has 9 heteroatoms. The molecular weight excluding hydrogens is 452 g/mol. The standard InChI is InChI=1S/C27H30N8O/c1-3-27(36)33-25-14-22(35-12-10-34(4-2)11-13-35)7-8-23(25)32-26-15-24(21(16-28)19-31-26)30-18-20-6-5-9-29-17-20/h3,5-9,14-15,17,19H,1,4,10-13,18H2,2H3,(H,33,36)(H2,30,31,32). The quantitative estimate of drug-likeness (QED) is 0.393. The number of likely N-dealkylation sites (N-methyl/N-ethyl adjacent to an activating group) is 1. The zero-order valence-electron chi connectivity index (χ0n) is 20.4. The first-order valence-electron chi connectivity index (χ1n) is 11.9. The highest BCUT2D eigenvalue weighted by molar-refractivity contribution is 6.02. The van der Waals surface area contributed by atoms with Gasteiger partial charge in [0.2, 0.25) is 5.91 Å². The molecule has 3 N–H and O–H groups in total. The van der Waals surface area contributed by atoms with E-state index >= 15 is 0 Å². The molecule has 3 heterocycles. The molecule has 0 aliphatic carbocycles. The number of carbonyl (C=O) groups excluding carboxylic acids is 1. The fourth-order valence-corrected chi connectivity index (χ4v) is 4.04. The molecule has 184 valence electrons. The van der Waals surface area contributed by atoms with Gasteiger partial charge in [0.05, 0.1) is 22.6 Å². The number of aromatic nitrogens is 2. The molecule has 1 aliphatic heterocycles. The Bertz CT molecular complexity index is 1250. The Hall–Kier alpha value is -4.42. The molecule has 0 unspecified atom stereocenters. The molecule has 0 atom stereocenters. The van der Waals surface area contributed by atoms with Crippen LogP contribution < -0.4 is 20.9 Å². The van der Waals surface area contributed by atoms with Crippen LogP contribution in [0.25, 0.3) is 0 Å². The second-order valence-electron chi connectivity index (χ2n) is 8.41. The maximum Gasteiger partial charge on any atom is 0.247 e. The van der Waals surface area contributed by atoms with Gasteiger partial charge in [0.15, 0.2) is 0 Å². The van der Waals surface area contributed by atoms with Crippen LogP contribution in [0.2, 0.25) is 0 Å². The van der Waals surface area contributed by atoms with Gasteiger partial charge < -0.3 is 25.8 Å². The summed E-state index contributed by atoms with van der Waals surface area (Å²) in [6.07, 6.45) is 6.27. The summed E-state index contributed by atoms with van der Waals surface area (Å²) in [5.41, 5.74) is 4.45. The number of nitriles is 1. The molecule has 1 saturated heterocycles. The third-order valence-electron chi connectivity index (χ3n) is 6.12. The third-order valence-corrected chi connectivity index (χ3v) is 6.12. The summed E-state index contributed by atoms with van der Waals surface area (Å²) < 4.78 is 0. The van der Waals surface area contributed by atoms with Crippen molar-refractivity contribution in [2.45, 2.75) is 13.5 Å². The highest BCUT2D eigenvalue weighted by atomic mass is 16.1. The van der Waals surface area contributed by atoms with Gasteiger partial charge >= 0.3 is 0 Å². The van der Waals surface area contributed by atoms with Crippen LogP contribution in [0, 0.1) is 11.3 Å². The number of amides is 1. The van der Waals surface area contributed by atoms with Crippen molar-refractivity contribution in [2.75, 3.05) is 53.6 Å². The summed E-state index contributed by atoms with van der Waals surface area (Å²) in [4.78, 5) is 25.4. The first-order chi connectivity index (χ1) is 17.6. The van der Waals surface area contributed by atoms with Crippen LogP contribution in [-0.4, -0.2) is 53.5 Å². The molecule has 2 aromatic heterocycles. The van der Waals surface area contributed by atoms with Gasteiger partial charge in [0, 0.05) is 63.1 Å². The summed E-state index contributed by atoms with van der Waals surface area (Å²) in [5, 5.41) is 19.0. The molecule has 0 spiro atoms. The van der Waals surface area contributed by atoms with E-state index in [-0.39, 0.29) is 5.91 Å². The number of hydrogen-bond acceptors (Lipinski definition) is 8. The van der Waals surface area contributed by atoms with Crippen LogP contribution in [0.3, 0.4) is 0 Å². The van der Waals surface area contributed by atoms with Crippen molar-refractivity contribution in [1.29, 1.82) is 5.26 Å². The Morgan fingerprint density at radius 1 is 1.14 bits per heavy atom. The van der Waals surface area contributed by atoms with Crippen molar-refractivity contribution in [2.24, 2.45) is 0 Å². The smallest absolute Gasteiger partial charge is 0.247 e. The number of nitrogens with zero attached hydrogens (tertiary/aromatic N) is 5. The van der Waals surface area contributed by atoms with E-state index < -0.39 is 0 Å². The Kier molecular flexibility index (Phi) is 8.11. The van der Waals surface area contributed by atoms with Crippen LogP contribution in [0.1, 0.15) is 18.1 Å². The molecule has 1 aromatic carbocycles. The number of piperazine rings is 1. The van der Waals surface area contributed by atoms with E-state index in [0.717, 1.165) is 44.0 Å². The normalized spacial score (nSPS) is 13.5. The molecule has 3 aromatic rings. The maximum absolute atomic E-state index is 12.2. The lowest BCUT2D eigenvalue weighted by molar-refractivity contribution is -0.111. The van der Waals surface area contributed by atoms with Gasteiger partial charge in [-0.25, -0.2) is 4.98 Å². The molecule has 1 fully saturated rings. The van der Waals surface area contributed by atoms with E-state index in [1.54, 1.807) is 18.5 Å². The molecule has 1 amide bonds. The van der Waals surface area contributed by atoms with Gasteiger partial charge in [0.25, 0.3) is 0 Å². The van der Waals surface area contributed by atoms with Crippen LogP contribution in [0.4, 0.5) is 28.6 Å². The number of anilines is 5. The average molecular weight is 483 g/mol. The van der Waals surface area contributed by atoms with Crippen molar-refractivity contribution in [3.63, 3.8) is 0 Å². The van der Waals surface area contributed by atoms with Gasteiger partial charge in [-0.3, -0.25) is 9.78 Å². The predicted octanol–water partition coefficient (Wildman–Crippen LogP) is 3.97. The van der Waals surface area contributed by atoms with Crippen LogP contribution >= 0.6 is 0 Å². The minimum absolute atomic E-state index is 0.294. The van der Waals surface area contributed by atoms with Crippen LogP contribution in [0.15, 0.2) is 67.6 Å². The number of nitrogens with one attached hydrogen (secondary N) is 3. The van der Waals surface area contributed by atoms with E-state index in [9.17, 15) is 10.1 Å². The fourth-order valence-electron chi connectivity index (χ4n) is 4.04. The highest BCUT2D eigenvalue weighted by Crippen LogP contribution is 2.31. The van der Waals surface area contributed by atoms with Crippen LogP contribution in [0.5, 0.6) is 0 Å². The van der Waals surface area contributed by atoms with Crippen LogP contribution in [-0.2, 0) is 11.3 Å². The van der Waals surface area contributed by atoms with Gasteiger partial charge in [-0.1, -0.05) is 19.6 Å². The number of benzene rings is 1. The minimum atomic E-state index is -0.294. The van der Waals surface area contributed by atoms with E-state index in [4.69, 9.17) is 0 Å². The lowest BCUT2D eigenvalue weighted by atomic mass is 10.2. The van der Waals surface area contributed by atoms with Crippen molar-refractivity contribution in [3.8, 4) is 6.07 Å². The third kappa shape index (κ3) is 6.17. The largest absolute Gasteiger partial charge is 0.380 e. The SMILES string of the molecule is C=CC(=O)Nc1cc(N2CCN(CC)CC2)ccc1Nc1cc(NCc2cccnc2)c(C#N)cn1. The number of hydrogen-bond donors (Lipinski definition) is 3. The van der Waals surface area contributed by atoms with E-state index in [2.05, 4.69) is 55.3 Å². The molecule has 0 radical (unpaired) electrons. The van der Waals surface area contributed by atoms with E-state index in [1.165, 1.54) is 12.3 Å². The van der Waals surface area contributed by atoms with Crippen molar-refractivity contribution < 1.29 is 4.79 Å². The van der Waals surface area contributed by atoms with Gasteiger partial charge in [-0.05, 0) is 42.4 Å². The zero-order valence-corrected chi connectivity index (χ0v) is 20.4. The van der Waals surface area contributed by atoms with Gasteiger partial charge in [-0.2, -0.15) is 5.26 Å². The Morgan fingerprint density at radius 3 is 2.67 bits per heavy atom. The average Bonchev–Trinajstić information content (AvgIpc) is 2.93. The van der Waals surface area contributed by atoms with Crippen molar-refractivity contribution in [1.82, 2.24) is 14.9 Å². The molecule has 0 bridgehead atoms. The number of pyridine rings is 2. The van der Waals surface area contributed by atoms with Gasteiger partial charge in [-0.15, -0.1) is 0 Å². The summed E-state index contributed by atoms with van der Waals surface area (Å²) in [6.45, 7) is 11.2. The first-order valence-corrected chi connectivity index (χ1v) is 11.9. The van der Waals surface area contributed by atoms with E-state index in [0.29, 0.717) is 35.0 Å². The topological polar surface area (TPSA) is 109 Å². The van der Waals surface area contributed by atoms with Crippen molar-refractivity contribution in [3.05, 3.63) is 78.8 Å². The fraction of sp³-hybridized carbons (Fsp3) is 0.259. The Balaban J connectivity index is 1.56. The molecular formula is C27H30N8O. The zero-order chi connectivity index (χ0) is 25.3. The summed E-state index contributed by atoms with van der Waals surface area (Å²) in [7, 11) is 0. The predicted molar refractivity (Wildman–Crippen MR) is 143 cm³/mol. The molecule has 36 heavy (non-hydrogen) atoms. The molecule has 1 aliphatic rings. The second-order valence-corrected chi connectivity index (χ2v) is 8.41. The Morgan fingerprint density at radius 2 is 1.97 bits per heavy atom. The second kappa shape index (κ2) is 11.8. The summed E-state index contributed by atoms with van der Waals surface area (Å²) in [6, 6.07) is 13.7. The summed E-state index contributed by atoms with van der Waals surface area (Å²) in [5.74, 6) is 0.249.